The maximum absolute atomic E-state index is 12.3. The Morgan fingerprint density at radius 2 is 2.17 bits per heavy atom. The van der Waals surface area contributed by atoms with Crippen LogP contribution in [-0.4, -0.2) is 21.0 Å². The van der Waals surface area contributed by atoms with Gasteiger partial charge in [-0.1, -0.05) is 0 Å². The van der Waals surface area contributed by atoms with E-state index in [0.717, 1.165) is 24.1 Å². The highest BCUT2D eigenvalue weighted by Gasteiger charge is 2.37. The number of hydrogen-bond acceptors (Lipinski definition) is 4. The fourth-order valence-electron chi connectivity index (χ4n) is 2.03. The molecule has 1 aliphatic rings. The van der Waals surface area contributed by atoms with E-state index in [9.17, 15) is 8.42 Å². The van der Waals surface area contributed by atoms with E-state index in [1.54, 1.807) is 6.07 Å². The van der Waals surface area contributed by atoms with Crippen LogP contribution >= 0.6 is 27.3 Å². The molecule has 2 rings (SSSR count). The zero-order chi connectivity index (χ0) is 13.4. The Labute approximate surface area is 120 Å². The SMILES string of the molecule is CNCc1cc(S(=O)(=O)NC2(C)CCC2)c(Br)s1. The van der Waals surface area contributed by atoms with E-state index in [0.29, 0.717) is 15.2 Å². The molecule has 0 bridgehead atoms. The van der Waals surface area contributed by atoms with E-state index in [2.05, 4.69) is 26.0 Å². The van der Waals surface area contributed by atoms with Gasteiger partial charge in [0.25, 0.3) is 0 Å². The van der Waals surface area contributed by atoms with E-state index in [-0.39, 0.29) is 5.54 Å². The minimum atomic E-state index is -3.42. The Kier molecular flexibility index (Phi) is 4.18. The molecule has 0 amide bonds. The van der Waals surface area contributed by atoms with Crippen LogP contribution in [0.2, 0.25) is 0 Å². The van der Waals surface area contributed by atoms with Crippen molar-refractivity contribution >= 4 is 37.3 Å². The lowest BCUT2D eigenvalue weighted by molar-refractivity contribution is 0.248. The summed E-state index contributed by atoms with van der Waals surface area (Å²) in [7, 11) is -1.58. The third-order valence-electron chi connectivity index (χ3n) is 3.18. The molecule has 2 N–H and O–H groups in total. The lowest BCUT2D eigenvalue weighted by Gasteiger charge is -2.38. The summed E-state index contributed by atoms with van der Waals surface area (Å²) >= 11 is 4.79. The molecule has 1 fully saturated rings. The third kappa shape index (κ3) is 2.96. The standard InChI is InChI=1S/C11H17BrN2O2S2/c1-11(4-3-5-11)14-18(15,16)9-6-8(7-13-2)17-10(9)12/h6,13-14H,3-5,7H2,1-2H3. The van der Waals surface area contributed by atoms with Crippen molar-refractivity contribution in [1.29, 1.82) is 0 Å². The van der Waals surface area contributed by atoms with Gasteiger partial charge in [-0.15, -0.1) is 11.3 Å². The molecule has 0 aliphatic heterocycles. The molecule has 0 atom stereocenters. The second-order valence-electron chi connectivity index (χ2n) is 4.90. The molecule has 0 unspecified atom stereocenters. The molecule has 0 radical (unpaired) electrons. The maximum Gasteiger partial charge on any atom is 0.243 e. The fourth-order valence-corrected chi connectivity index (χ4v) is 6.19. The molecule has 102 valence electrons. The molecule has 1 heterocycles. The molecule has 7 heteroatoms. The summed E-state index contributed by atoms with van der Waals surface area (Å²) in [6.45, 7) is 2.64. The molecule has 4 nitrogen and oxygen atoms in total. The van der Waals surface area contributed by atoms with Gasteiger partial charge < -0.3 is 5.32 Å². The maximum atomic E-state index is 12.3. The summed E-state index contributed by atoms with van der Waals surface area (Å²) in [4.78, 5) is 1.36. The Hall–Kier alpha value is 0.0500. The van der Waals surface area contributed by atoms with Crippen molar-refractivity contribution in [1.82, 2.24) is 10.0 Å². The zero-order valence-electron chi connectivity index (χ0n) is 10.4. The molecular weight excluding hydrogens is 336 g/mol. The van der Waals surface area contributed by atoms with E-state index < -0.39 is 10.0 Å². The lowest BCUT2D eigenvalue weighted by Crippen LogP contribution is -2.50. The first-order valence-corrected chi connectivity index (χ1v) is 8.92. The summed E-state index contributed by atoms with van der Waals surface area (Å²) in [6.07, 6.45) is 2.92. The zero-order valence-corrected chi connectivity index (χ0v) is 13.6. The van der Waals surface area contributed by atoms with Crippen LogP contribution in [0.5, 0.6) is 0 Å². The minimum absolute atomic E-state index is 0.261. The molecule has 1 saturated carbocycles. The third-order valence-corrected chi connectivity index (χ3v) is 7.08. The largest absolute Gasteiger partial charge is 0.315 e. The summed E-state index contributed by atoms with van der Waals surface area (Å²) in [6, 6.07) is 1.73. The summed E-state index contributed by atoms with van der Waals surface area (Å²) in [5.74, 6) is 0. The van der Waals surface area contributed by atoms with Crippen LogP contribution < -0.4 is 10.0 Å². The first kappa shape index (κ1) is 14.5. The Bertz CT molecular complexity index is 535. The van der Waals surface area contributed by atoms with Crippen LogP contribution in [0, 0.1) is 0 Å². The van der Waals surface area contributed by atoms with Gasteiger partial charge in [0.05, 0.1) is 3.79 Å². The van der Waals surface area contributed by atoms with Gasteiger partial charge in [0.15, 0.2) is 0 Å². The smallest absolute Gasteiger partial charge is 0.243 e. The Balaban J connectivity index is 2.23. The van der Waals surface area contributed by atoms with Crippen LogP contribution in [-0.2, 0) is 16.6 Å². The number of rotatable bonds is 5. The van der Waals surface area contributed by atoms with Gasteiger partial charge in [0, 0.05) is 17.0 Å². The van der Waals surface area contributed by atoms with Crippen molar-refractivity contribution in [2.24, 2.45) is 0 Å². The van der Waals surface area contributed by atoms with E-state index in [1.807, 2.05) is 14.0 Å². The number of nitrogens with one attached hydrogen (secondary N) is 2. The van der Waals surface area contributed by atoms with E-state index in [4.69, 9.17) is 0 Å². The van der Waals surface area contributed by atoms with Gasteiger partial charge in [-0.3, -0.25) is 0 Å². The Morgan fingerprint density at radius 3 is 2.67 bits per heavy atom. The van der Waals surface area contributed by atoms with Crippen LogP contribution in [0.4, 0.5) is 0 Å². The summed E-state index contributed by atoms with van der Waals surface area (Å²) in [5, 5.41) is 3.02. The Morgan fingerprint density at radius 1 is 1.50 bits per heavy atom. The first-order valence-electron chi connectivity index (χ1n) is 5.83. The van der Waals surface area contributed by atoms with Crippen LogP contribution in [0.25, 0.3) is 0 Å². The van der Waals surface area contributed by atoms with Gasteiger partial charge in [0.2, 0.25) is 10.0 Å². The van der Waals surface area contributed by atoms with Gasteiger partial charge in [-0.25, -0.2) is 13.1 Å². The molecule has 1 aromatic heterocycles. The fraction of sp³-hybridized carbons (Fsp3) is 0.636. The van der Waals surface area contributed by atoms with Crippen molar-refractivity contribution in [2.75, 3.05) is 7.05 Å². The van der Waals surface area contributed by atoms with Crippen LogP contribution in [0.3, 0.4) is 0 Å². The van der Waals surface area contributed by atoms with Gasteiger partial charge in [0.1, 0.15) is 4.90 Å². The van der Waals surface area contributed by atoms with Crippen molar-refractivity contribution in [3.8, 4) is 0 Å². The minimum Gasteiger partial charge on any atom is -0.315 e. The second kappa shape index (κ2) is 5.20. The molecule has 18 heavy (non-hydrogen) atoms. The molecule has 0 spiro atoms. The predicted octanol–water partition coefficient (Wildman–Crippen LogP) is 2.45. The van der Waals surface area contributed by atoms with Gasteiger partial charge >= 0.3 is 0 Å². The highest BCUT2D eigenvalue weighted by molar-refractivity contribution is 9.11. The summed E-state index contributed by atoms with van der Waals surface area (Å²) in [5.41, 5.74) is -0.261. The van der Waals surface area contributed by atoms with Gasteiger partial charge in [-0.2, -0.15) is 0 Å². The molecule has 0 saturated heterocycles. The highest BCUT2D eigenvalue weighted by Crippen LogP contribution is 2.36. The van der Waals surface area contributed by atoms with Crippen molar-refractivity contribution in [3.05, 3.63) is 14.7 Å². The monoisotopic (exact) mass is 352 g/mol. The van der Waals surface area contributed by atoms with Crippen molar-refractivity contribution < 1.29 is 8.42 Å². The molecular formula is C11H17BrN2O2S2. The second-order valence-corrected chi connectivity index (χ2v) is 9.01. The highest BCUT2D eigenvalue weighted by atomic mass is 79.9. The number of thiophene rings is 1. The normalized spacial score (nSPS) is 18.6. The number of halogens is 1. The molecule has 0 aromatic carbocycles. The lowest BCUT2D eigenvalue weighted by atomic mass is 9.80. The van der Waals surface area contributed by atoms with E-state index in [1.165, 1.54) is 11.3 Å². The average Bonchev–Trinajstić information content (AvgIpc) is 2.58. The quantitative estimate of drug-likeness (QED) is 0.855. The van der Waals surface area contributed by atoms with Crippen molar-refractivity contribution in [2.45, 2.75) is 43.2 Å². The van der Waals surface area contributed by atoms with Crippen LogP contribution in [0.1, 0.15) is 31.1 Å². The van der Waals surface area contributed by atoms with Gasteiger partial charge in [-0.05, 0) is 55.2 Å². The average molecular weight is 353 g/mol. The van der Waals surface area contributed by atoms with Crippen molar-refractivity contribution in [3.63, 3.8) is 0 Å². The van der Waals surface area contributed by atoms with Crippen LogP contribution in [0.15, 0.2) is 14.7 Å². The number of hydrogen-bond donors (Lipinski definition) is 2. The summed E-state index contributed by atoms with van der Waals surface area (Å²) < 4.78 is 28.1. The number of sulfonamides is 1. The predicted molar refractivity (Wildman–Crippen MR) is 77.4 cm³/mol. The molecule has 1 aromatic rings. The molecule has 1 aliphatic carbocycles. The topological polar surface area (TPSA) is 58.2 Å². The first-order chi connectivity index (χ1) is 8.36. The van der Waals surface area contributed by atoms with E-state index >= 15 is 0 Å².